The Morgan fingerprint density at radius 3 is 2.54 bits per heavy atom. The molecule has 24 heavy (non-hydrogen) atoms. The first kappa shape index (κ1) is 18.9. The van der Waals surface area contributed by atoms with Crippen molar-refractivity contribution in [3.8, 4) is 0 Å². The summed E-state index contributed by atoms with van der Waals surface area (Å²) in [5, 5.41) is 9.80. The van der Waals surface area contributed by atoms with Gasteiger partial charge in [0.1, 0.15) is 12.2 Å². The number of hydrogen-bond donors (Lipinski definition) is 1. The molecule has 0 spiro atoms. The predicted octanol–water partition coefficient (Wildman–Crippen LogP) is 3.61. The van der Waals surface area contributed by atoms with Crippen molar-refractivity contribution in [2.75, 3.05) is 13.2 Å². The summed E-state index contributed by atoms with van der Waals surface area (Å²) >= 11 is 0. The maximum atomic E-state index is 11.5. The van der Waals surface area contributed by atoms with Crippen molar-refractivity contribution in [2.24, 2.45) is 0 Å². The van der Waals surface area contributed by atoms with Gasteiger partial charge < -0.3 is 14.6 Å². The molecular formula is C20H30O4. The fraction of sp³-hybridized carbons (Fsp3) is 0.650. The monoisotopic (exact) mass is 334 g/mol. The number of carbonyl (C=O) groups excluding carboxylic acids is 1. The molecule has 1 saturated carbocycles. The minimum Gasteiger partial charge on any atom is -0.458 e. The third-order valence-corrected chi connectivity index (χ3v) is 4.27. The number of aliphatic hydroxyl groups excluding tert-OH is 1. The van der Waals surface area contributed by atoms with Crippen LogP contribution in [0.1, 0.15) is 63.5 Å². The largest absolute Gasteiger partial charge is 0.458 e. The molecule has 1 aromatic rings. The first-order valence-electron chi connectivity index (χ1n) is 8.90. The molecule has 2 rings (SSSR count). The summed E-state index contributed by atoms with van der Waals surface area (Å²) in [5.41, 5.74) is 2.04. The van der Waals surface area contributed by atoms with Gasteiger partial charge in [-0.1, -0.05) is 30.7 Å². The number of benzene rings is 1. The summed E-state index contributed by atoms with van der Waals surface area (Å²) < 4.78 is 10.6. The molecule has 4 nitrogen and oxygen atoms in total. The molecule has 0 aliphatic heterocycles. The molecule has 1 N–H and O–H groups in total. The second-order valence-corrected chi connectivity index (χ2v) is 7.65. The quantitative estimate of drug-likeness (QED) is 0.638. The maximum Gasteiger partial charge on any atom is 0.332 e. The number of esters is 1. The van der Waals surface area contributed by atoms with Crippen LogP contribution in [-0.4, -0.2) is 36.0 Å². The summed E-state index contributed by atoms with van der Waals surface area (Å²) in [6, 6.07) is 8.55. The first-order valence-corrected chi connectivity index (χ1v) is 8.90. The Morgan fingerprint density at radius 2 is 1.92 bits per heavy atom. The highest BCUT2D eigenvalue weighted by Crippen LogP contribution is 2.32. The summed E-state index contributed by atoms with van der Waals surface area (Å²) in [5.74, 6) is 0.153. The lowest BCUT2D eigenvalue weighted by molar-refractivity contribution is -0.160. The van der Waals surface area contributed by atoms with Crippen LogP contribution in [0.15, 0.2) is 24.3 Å². The topological polar surface area (TPSA) is 55.8 Å². The van der Waals surface area contributed by atoms with E-state index in [0.29, 0.717) is 12.5 Å². The normalized spacial score (nSPS) is 21.5. The minimum atomic E-state index is -0.469. The Bertz CT molecular complexity index is 515. The van der Waals surface area contributed by atoms with E-state index in [0.717, 1.165) is 32.1 Å². The van der Waals surface area contributed by atoms with Gasteiger partial charge in [-0.05, 0) is 63.5 Å². The van der Waals surface area contributed by atoms with Crippen LogP contribution in [-0.2, 0) is 20.7 Å². The van der Waals surface area contributed by atoms with Crippen molar-refractivity contribution in [1.82, 2.24) is 0 Å². The van der Waals surface area contributed by atoms with Crippen LogP contribution >= 0.6 is 0 Å². The first-order chi connectivity index (χ1) is 11.3. The number of ether oxygens (including phenoxy) is 2. The van der Waals surface area contributed by atoms with Gasteiger partial charge in [0.2, 0.25) is 0 Å². The van der Waals surface area contributed by atoms with Crippen LogP contribution in [0.3, 0.4) is 0 Å². The molecule has 0 heterocycles. The lowest BCUT2D eigenvalue weighted by atomic mass is 9.82. The van der Waals surface area contributed by atoms with Crippen LogP contribution in [0.4, 0.5) is 0 Å². The van der Waals surface area contributed by atoms with Gasteiger partial charge in [-0.2, -0.15) is 0 Å². The van der Waals surface area contributed by atoms with Gasteiger partial charge >= 0.3 is 5.97 Å². The summed E-state index contributed by atoms with van der Waals surface area (Å²) in [7, 11) is 0. The van der Waals surface area contributed by atoms with Crippen molar-refractivity contribution in [3.05, 3.63) is 35.4 Å². The fourth-order valence-electron chi connectivity index (χ4n) is 3.14. The lowest BCUT2D eigenvalue weighted by Crippen LogP contribution is -2.26. The van der Waals surface area contributed by atoms with Gasteiger partial charge in [-0.15, -0.1) is 0 Å². The van der Waals surface area contributed by atoms with Gasteiger partial charge in [-0.25, -0.2) is 4.79 Å². The van der Waals surface area contributed by atoms with E-state index in [4.69, 9.17) is 9.47 Å². The average Bonchev–Trinajstić information content (AvgIpc) is 2.50. The van der Waals surface area contributed by atoms with Gasteiger partial charge in [-0.3, -0.25) is 0 Å². The molecule has 0 radical (unpaired) electrons. The molecular weight excluding hydrogens is 304 g/mol. The van der Waals surface area contributed by atoms with Gasteiger partial charge in [0.05, 0.1) is 12.7 Å². The van der Waals surface area contributed by atoms with E-state index in [9.17, 15) is 9.90 Å². The molecule has 1 unspecified atom stereocenters. The maximum absolute atomic E-state index is 11.5. The van der Waals surface area contributed by atoms with Crippen LogP contribution in [0, 0.1) is 0 Å². The Labute approximate surface area is 145 Å². The van der Waals surface area contributed by atoms with Crippen molar-refractivity contribution in [1.29, 1.82) is 0 Å². The van der Waals surface area contributed by atoms with E-state index in [1.54, 1.807) is 0 Å². The molecule has 0 saturated heterocycles. The van der Waals surface area contributed by atoms with Crippen LogP contribution in [0.25, 0.3) is 0 Å². The van der Waals surface area contributed by atoms with E-state index in [-0.39, 0.29) is 18.7 Å². The highest BCUT2D eigenvalue weighted by atomic mass is 16.6. The highest BCUT2D eigenvalue weighted by molar-refractivity contribution is 5.71. The molecule has 0 aromatic heterocycles. The third kappa shape index (κ3) is 6.62. The van der Waals surface area contributed by atoms with E-state index >= 15 is 0 Å². The van der Waals surface area contributed by atoms with Gasteiger partial charge in [0.15, 0.2) is 0 Å². The van der Waals surface area contributed by atoms with E-state index < -0.39 is 5.60 Å². The molecule has 1 fully saturated rings. The molecule has 1 aromatic carbocycles. The zero-order valence-electron chi connectivity index (χ0n) is 15.1. The van der Waals surface area contributed by atoms with E-state index in [1.165, 1.54) is 11.1 Å². The Morgan fingerprint density at radius 1 is 1.21 bits per heavy atom. The van der Waals surface area contributed by atoms with Crippen molar-refractivity contribution in [3.63, 3.8) is 0 Å². The lowest BCUT2D eigenvalue weighted by Gasteiger charge is -2.26. The second-order valence-electron chi connectivity index (χ2n) is 7.65. The zero-order valence-corrected chi connectivity index (χ0v) is 15.1. The van der Waals surface area contributed by atoms with E-state index in [2.05, 4.69) is 24.3 Å². The Kier molecular flexibility index (Phi) is 6.81. The zero-order chi connectivity index (χ0) is 17.6. The van der Waals surface area contributed by atoms with Crippen LogP contribution in [0.5, 0.6) is 0 Å². The Balaban J connectivity index is 1.71. The average molecular weight is 334 g/mol. The SMILES string of the molecule is CC(C)(C)OC(=O)COCCc1ccc(C2CCC[C@H](O)C2)cc1. The predicted molar refractivity (Wildman–Crippen MR) is 94.0 cm³/mol. The number of rotatable bonds is 6. The molecule has 0 bridgehead atoms. The highest BCUT2D eigenvalue weighted by Gasteiger charge is 2.21. The number of hydrogen-bond acceptors (Lipinski definition) is 4. The standard InChI is InChI=1S/C20H30O4/c1-20(2,3)24-19(22)14-23-12-11-15-7-9-16(10-8-15)17-5-4-6-18(21)13-17/h7-10,17-18,21H,4-6,11-14H2,1-3H3/t17?,18-/m0/s1. The van der Waals surface area contributed by atoms with Crippen molar-refractivity contribution < 1.29 is 19.4 Å². The molecule has 2 atom stereocenters. The minimum absolute atomic E-state index is 0.00465. The smallest absolute Gasteiger partial charge is 0.332 e. The van der Waals surface area contributed by atoms with Crippen molar-refractivity contribution >= 4 is 5.97 Å². The fourth-order valence-corrected chi connectivity index (χ4v) is 3.14. The second kappa shape index (κ2) is 8.63. The summed E-state index contributed by atoms with van der Waals surface area (Å²) in [6.45, 7) is 6.03. The van der Waals surface area contributed by atoms with Crippen molar-refractivity contribution in [2.45, 2.75) is 70.5 Å². The molecule has 4 heteroatoms. The molecule has 1 aliphatic carbocycles. The number of carbonyl (C=O) groups is 1. The third-order valence-electron chi connectivity index (χ3n) is 4.27. The van der Waals surface area contributed by atoms with Crippen LogP contribution in [0.2, 0.25) is 0 Å². The summed E-state index contributed by atoms with van der Waals surface area (Å²) in [6.07, 6.45) is 4.70. The van der Waals surface area contributed by atoms with E-state index in [1.807, 2.05) is 20.8 Å². The van der Waals surface area contributed by atoms with Gasteiger partial charge in [0.25, 0.3) is 0 Å². The van der Waals surface area contributed by atoms with Gasteiger partial charge in [0, 0.05) is 0 Å². The summed E-state index contributed by atoms with van der Waals surface area (Å²) in [4.78, 5) is 11.5. The van der Waals surface area contributed by atoms with Crippen LogP contribution < -0.4 is 0 Å². The molecule has 0 amide bonds. The Hall–Kier alpha value is -1.39. The molecule has 1 aliphatic rings. The number of aliphatic hydroxyl groups is 1. The molecule has 134 valence electrons.